The minimum Gasteiger partial charge on any atom is -0.382 e. The summed E-state index contributed by atoms with van der Waals surface area (Å²) in [5.74, 6) is 0.939. The summed E-state index contributed by atoms with van der Waals surface area (Å²) in [6.07, 6.45) is 7.19. The molecule has 0 bridgehead atoms. The standard InChI is InChI=1S/C16H35N3O2.HI/c1-4-6-7-8-11-18-16(17-5-2)19-12-9-10-13-21-15-14-20-3;/h4-15H2,1-3H3,(H2,17,18,19);1H. The van der Waals surface area contributed by atoms with Gasteiger partial charge in [0.15, 0.2) is 5.96 Å². The zero-order valence-corrected chi connectivity index (χ0v) is 17.0. The van der Waals surface area contributed by atoms with Crippen LogP contribution in [0.5, 0.6) is 0 Å². The highest BCUT2D eigenvalue weighted by Gasteiger charge is 1.96. The molecular formula is C16H36IN3O2. The van der Waals surface area contributed by atoms with Gasteiger partial charge >= 0.3 is 0 Å². The van der Waals surface area contributed by atoms with E-state index in [4.69, 9.17) is 9.47 Å². The molecule has 0 aromatic heterocycles. The SMILES string of the molecule is CCCCCCN=C(NCC)NCCCCOCCOC.I. The molecule has 0 amide bonds. The second-order valence-electron chi connectivity index (χ2n) is 5.06. The van der Waals surface area contributed by atoms with E-state index in [9.17, 15) is 0 Å². The van der Waals surface area contributed by atoms with Crippen LogP contribution in [0.3, 0.4) is 0 Å². The van der Waals surface area contributed by atoms with E-state index in [0.717, 1.165) is 45.0 Å². The van der Waals surface area contributed by atoms with Gasteiger partial charge in [-0.25, -0.2) is 0 Å². The second kappa shape index (κ2) is 20.9. The van der Waals surface area contributed by atoms with Gasteiger partial charge in [-0.2, -0.15) is 0 Å². The monoisotopic (exact) mass is 429 g/mol. The predicted octanol–water partition coefficient (Wildman–Crippen LogP) is 3.18. The molecule has 0 aliphatic heterocycles. The van der Waals surface area contributed by atoms with Crippen LogP contribution in [0, 0.1) is 0 Å². The van der Waals surface area contributed by atoms with Crippen molar-refractivity contribution < 1.29 is 9.47 Å². The largest absolute Gasteiger partial charge is 0.382 e. The molecule has 0 unspecified atom stereocenters. The van der Waals surface area contributed by atoms with Crippen LogP contribution in [-0.2, 0) is 9.47 Å². The van der Waals surface area contributed by atoms with Crippen molar-refractivity contribution in [3.05, 3.63) is 0 Å². The Hall–Kier alpha value is -0.0800. The van der Waals surface area contributed by atoms with Crippen LogP contribution in [0.25, 0.3) is 0 Å². The van der Waals surface area contributed by atoms with E-state index in [-0.39, 0.29) is 24.0 Å². The minimum atomic E-state index is 0. The van der Waals surface area contributed by atoms with Crippen LogP contribution in [-0.4, -0.2) is 52.5 Å². The van der Waals surface area contributed by atoms with Gasteiger partial charge in [-0.3, -0.25) is 4.99 Å². The number of nitrogens with zero attached hydrogens (tertiary/aromatic N) is 1. The van der Waals surface area contributed by atoms with E-state index in [2.05, 4.69) is 29.5 Å². The molecule has 0 aliphatic carbocycles. The van der Waals surface area contributed by atoms with Crippen molar-refractivity contribution >= 4 is 29.9 Å². The van der Waals surface area contributed by atoms with E-state index in [1.54, 1.807) is 7.11 Å². The van der Waals surface area contributed by atoms with Gasteiger partial charge in [-0.05, 0) is 26.2 Å². The lowest BCUT2D eigenvalue weighted by Gasteiger charge is -2.11. The molecule has 0 atom stereocenters. The first-order valence-electron chi connectivity index (χ1n) is 8.44. The van der Waals surface area contributed by atoms with Crippen molar-refractivity contribution in [2.24, 2.45) is 4.99 Å². The number of hydrogen-bond donors (Lipinski definition) is 2. The van der Waals surface area contributed by atoms with Crippen LogP contribution in [0.2, 0.25) is 0 Å². The number of nitrogens with one attached hydrogen (secondary N) is 2. The predicted molar refractivity (Wildman–Crippen MR) is 105 cm³/mol. The van der Waals surface area contributed by atoms with Crippen molar-refractivity contribution in [2.75, 3.05) is 46.6 Å². The molecule has 0 aromatic carbocycles. The van der Waals surface area contributed by atoms with E-state index in [1.165, 1.54) is 25.7 Å². The molecule has 22 heavy (non-hydrogen) atoms. The maximum atomic E-state index is 5.43. The summed E-state index contributed by atoms with van der Waals surface area (Å²) < 4.78 is 10.4. The summed E-state index contributed by atoms with van der Waals surface area (Å²) in [5, 5.41) is 6.66. The van der Waals surface area contributed by atoms with Gasteiger partial charge in [0.2, 0.25) is 0 Å². The zero-order valence-electron chi connectivity index (χ0n) is 14.7. The number of methoxy groups -OCH3 is 1. The zero-order chi connectivity index (χ0) is 15.6. The van der Waals surface area contributed by atoms with Crippen molar-refractivity contribution in [2.45, 2.75) is 52.4 Å². The number of unbranched alkanes of at least 4 members (excludes halogenated alkanes) is 4. The molecule has 134 valence electrons. The lowest BCUT2D eigenvalue weighted by atomic mass is 10.2. The molecule has 0 heterocycles. The number of guanidine groups is 1. The van der Waals surface area contributed by atoms with E-state index in [0.29, 0.717) is 13.2 Å². The Bertz CT molecular complexity index is 241. The summed E-state index contributed by atoms with van der Waals surface area (Å²) in [5.41, 5.74) is 0. The molecule has 0 rings (SSSR count). The topological polar surface area (TPSA) is 54.9 Å². The lowest BCUT2D eigenvalue weighted by Crippen LogP contribution is -2.37. The lowest BCUT2D eigenvalue weighted by molar-refractivity contribution is 0.0689. The van der Waals surface area contributed by atoms with E-state index in [1.807, 2.05) is 0 Å². The highest BCUT2D eigenvalue weighted by atomic mass is 127. The van der Waals surface area contributed by atoms with E-state index >= 15 is 0 Å². The number of hydrogen-bond acceptors (Lipinski definition) is 3. The molecule has 0 aromatic rings. The van der Waals surface area contributed by atoms with Gasteiger partial charge in [0.25, 0.3) is 0 Å². The number of aliphatic imine (C=N–C) groups is 1. The first kappa shape index (κ1) is 24.2. The summed E-state index contributed by atoms with van der Waals surface area (Å²) in [6.45, 7) is 9.24. The third-order valence-electron chi connectivity index (χ3n) is 3.07. The molecule has 0 aliphatic rings. The Kier molecular flexibility index (Phi) is 23.0. The first-order chi connectivity index (χ1) is 10.3. The van der Waals surface area contributed by atoms with Crippen LogP contribution >= 0.6 is 24.0 Å². The first-order valence-corrected chi connectivity index (χ1v) is 8.44. The summed E-state index contributed by atoms with van der Waals surface area (Å²) in [7, 11) is 1.69. The molecule has 6 heteroatoms. The number of ether oxygens (including phenoxy) is 2. The Balaban J connectivity index is 0. The van der Waals surface area contributed by atoms with Crippen LogP contribution in [0.1, 0.15) is 52.4 Å². The van der Waals surface area contributed by atoms with Gasteiger partial charge < -0.3 is 20.1 Å². The molecule has 0 saturated carbocycles. The van der Waals surface area contributed by atoms with Gasteiger partial charge in [-0.15, -0.1) is 24.0 Å². The summed E-state index contributed by atoms with van der Waals surface area (Å²) >= 11 is 0. The molecular weight excluding hydrogens is 393 g/mol. The third kappa shape index (κ3) is 18.0. The second-order valence-corrected chi connectivity index (χ2v) is 5.06. The average molecular weight is 429 g/mol. The van der Waals surface area contributed by atoms with Crippen molar-refractivity contribution in [1.29, 1.82) is 0 Å². The van der Waals surface area contributed by atoms with Crippen LogP contribution < -0.4 is 10.6 Å². The fourth-order valence-corrected chi connectivity index (χ4v) is 1.85. The number of halogens is 1. The van der Waals surface area contributed by atoms with Gasteiger partial charge in [0, 0.05) is 33.4 Å². The highest BCUT2D eigenvalue weighted by molar-refractivity contribution is 14.0. The molecule has 2 N–H and O–H groups in total. The van der Waals surface area contributed by atoms with Crippen LogP contribution in [0.15, 0.2) is 4.99 Å². The van der Waals surface area contributed by atoms with Crippen molar-refractivity contribution in [3.8, 4) is 0 Å². The maximum absolute atomic E-state index is 5.43. The Morgan fingerprint density at radius 3 is 2.41 bits per heavy atom. The Morgan fingerprint density at radius 2 is 1.73 bits per heavy atom. The molecule has 0 spiro atoms. The molecule has 0 fully saturated rings. The highest BCUT2D eigenvalue weighted by Crippen LogP contribution is 1.98. The van der Waals surface area contributed by atoms with Crippen molar-refractivity contribution in [3.63, 3.8) is 0 Å². The van der Waals surface area contributed by atoms with Gasteiger partial charge in [0.05, 0.1) is 13.2 Å². The fraction of sp³-hybridized carbons (Fsp3) is 0.938. The van der Waals surface area contributed by atoms with Crippen molar-refractivity contribution in [1.82, 2.24) is 10.6 Å². The van der Waals surface area contributed by atoms with E-state index < -0.39 is 0 Å². The fourth-order valence-electron chi connectivity index (χ4n) is 1.85. The Morgan fingerprint density at radius 1 is 0.909 bits per heavy atom. The molecule has 0 radical (unpaired) electrons. The minimum absolute atomic E-state index is 0. The number of rotatable bonds is 14. The summed E-state index contributed by atoms with van der Waals surface area (Å²) in [6, 6.07) is 0. The summed E-state index contributed by atoms with van der Waals surface area (Å²) in [4.78, 5) is 4.59. The molecule has 5 nitrogen and oxygen atoms in total. The average Bonchev–Trinajstić information content (AvgIpc) is 2.49. The van der Waals surface area contributed by atoms with Crippen LogP contribution in [0.4, 0.5) is 0 Å². The molecule has 0 saturated heterocycles. The smallest absolute Gasteiger partial charge is 0.191 e. The van der Waals surface area contributed by atoms with Gasteiger partial charge in [0.1, 0.15) is 0 Å². The Labute approximate surface area is 154 Å². The van der Waals surface area contributed by atoms with Gasteiger partial charge in [-0.1, -0.05) is 26.2 Å². The maximum Gasteiger partial charge on any atom is 0.191 e. The normalized spacial score (nSPS) is 11.1. The quantitative estimate of drug-likeness (QED) is 0.193. The third-order valence-corrected chi connectivity index (χ3v) is 3.07.